The van der Waals surface area contributed by atoms with Gasteiger partial charge in [0.15, 0.2) is 5.75 Å². The molecular weight excluding hydrogens is 258 g/mol. The Labute approximate surface area is 116 Å². The molecule has 3 rings (SSSR count). The number of hydrogen-bond acceptors (Lipinski definition) is 6. The van der Waals surface area contributed by atoms with Gasteiger partial charge in [0.2, 0.25) is 5.65 Å². The van der Waals surface area contributed by atoms with Gasteiger partial charge in [-0.25, -0.2) is 0 Å². The average Bonchev–Trinajstić information content (AvgIpc) is 2.92. The molecule has 1 N–H and O–H groups in total. The highest BCUT2D eigenvalue weighted by Crippen LogP contribution is 2.32. The first-order valence-electron chi connectivity index (χ1n) is 6.85. The minimum atomic E-state index is 0.348. The maximum Gasteiger partial charge on any atom is 0.298 e. The summed E-state index contributed by atoms with van der Waals surface area (Å²) in [5.41, 5.74) is 1.26. The van der Waals surface area contributed by atoms with E-state index in [0.29, 0.717) is 35.5 Å². The van der Waals surface area contributed by atoms with E-state index >= 15 is 0 Å². The van der Waals surface area contributed by atoms with Crippen molar-refractivity contribution in [2.24, 2.45) is 5.92 Å². The summed E-state index contributed by atoms with van der Waals surface area (Å²) >= 11 is 0. The molecule has 0 amide bonds. The average molecular weight is 275 g/mol. The zero-order valence-corrected chi connectivity index (χ0v) is 11.3. The van der Waals surface area contributed by atoms with Crippen molar-refractivity contribution in [1.82, 2.24) is 19.8 Å². The molecule has 2 aromatic heterocycles. The fraction of sp³-hybridized carbons (Fsp3) is 0.538. The van der Waals surface area contributed by atoms with Gasteiger partial charge in [-0.1, -0.05) is 19.8 Å². The van der Waals surface area contributed by atoms with E-state index in [1.807, 2.05) is 0 Å². The van der Waals surface area contributed by atoms with E-state index < -0.39 is 0 Å². The fourth-order valence-corrected chi connectivity index (χ4v) is 2.76. The van der Waals surface area contributed by atoms with E-state index in [-0.39, 0.29) is 0 Å². The molecule has 1 saturated carbocycles. The van der Waals surface area contributed by atoms with Crippen molar-refractivity contribution < 1.29 is 9.53 Å². The van der Waals surface area contributed by atoms with Crippen molar-refractivity contribution >= 4 is 17.8 Å². The Morgan fingerprint density at radius 3 is 3.10 bits per heavy atom. The molecule has 2 heterocycles. The van der Waals surface area contributed by atoms with Crippen molar-refractivity contribution in [2.75, 3.05) is 5.32 Å². The van der Waals surface area contributed by atoms with Crippen molar-refractivity contribution in [2.45, 2.75) is 38.6 Å². The second-order valence-corrected chi connectivity index (χ2v) is 5.21. The van der Waals surface area contributed by atoms with Crippen molar-refractivity contribution in [1.29, 1.82) is 0 Å². The summed E-state index contributed by atoms with van der Waals surface area (Å²) < 4.78 is 6.57. The number of fused-ring (bicyclic) bond motifs is 1. The fourth-order valence-electron chi connectivity index (χ4n) is 2.76. The summed E-state index contributed by atoms with van der Waals surface area (Å²) in [5, 5.41) is 15.5. The molecule has 7 nitrogen and oxygen atoms in total. The SMILES string of the molecule is CC1CCCCC1Nc1c(OC=O)cnn2cnnc12. The van der Waals surface area contributed by atoms with Crippen LogP contribution in [0.5, 0.6) is 5.75 Å². The molecule has 0 bridgehead atoms. The molecule has 7 heteroatoms. The number of anilines is 1. The molecule has 20 heavy (non-hydrogen) atoms. The van der Waals surface area contributed by atoms with Crippen LogP contribution in [0.4, 0.5) is 5.69 Å². The maximum absolute atomic E-state index is 10.6. The molecule has 0 aromatic carbocycles. The lowest BCUT2D eigenvalue weighted by Crippen LogP contribution is -2.30. The number of nitrogens with one attached hydrogen (secondary N) is 1. The van der Waals surface area contributed by atoms with Gasteiger partial charge in [-0.15, -0.1) is 10.2 Å². The van der Waals surface area contributed by atoms with E-state index in [2.05, 4.69) is 27.5 Å². The molecule has 0 radical (unpaired) electrons. The smallest absolute Gasteiger partial charge is 0.298 e. The number of nitrogens with zero attached hydrogens (tertiary/aromatic N) is 4. The van der Waals surface area contributed by atoms with Crippen molar-refractivity contribution in [3.8, 4) is 5.75 Å². The number of carbonyl (C=O) groups is 1. The maximum atomic E-state index is 10.6. The van der Waals surface area contributed by atoms with Crippen LogP contribution >= 0.6 is 0 Å². The minimum Gasteiger partial charge on any atom is -0.425 e. The quantitative estimate of drug-likeness (QED) is 0.854. The van der Waals surface area contributed by atoms with Crippen LogP contribution in [0.2, 0.25) is 0 Å². The highest BCUT2D eigenvalue weighted by Gasteiger charge is 2.24. The third-order valence-electron chi connectivity index (χ3n) is 3.92. The first-order chi connectivity index (χ1) is 9.79. The third kappa shape index (κ3) is 2.31. The van der Waals surface area contributed by atoms with E-state index in [4.69, 9.17) is 4.74 Å². The molecule has 0 spiro atoms. The molecule has 0 aliphatic heterocycles. The first kappa shape index (κ1) is 12.8. The van der Waals surface area contributed by atoms with Crippen LogP contribution in [0.3, 0.4) is 0 Å². The van der Waals surface area contributed by atoms with Crippen LogP contribution in [0.1, 0.15) is 32.6 Å². The predicted octanol–water partition coefficient (Wildman–Crippen LogP) is 1.65. The molecule has 1 fully saturated rings. The Hall–Kier alpha value is -2.18. The topological polar surface area (TPSA) is 81.4 Å². The molecular formula is C13H17N5O2. The number of rotatable bonds is 4. The molecule has 0 saturated heterocycles. The van der Waals surface area contributed by atoms with Crippen molar-refractivity contribution in [3.63, 3.8) is 0 Å². The first-order valence-corrected chi connectivity index (χ1v) is 6.85. The Bertz CT molecular complexity index is 612. The monoisotopic (exact) mass is 275 g/mol. The molecule has 2 aromatic rings. The summed E-state index contributed by atoms with van der Waals surface area (Å²) in [6, 6.07) is 0.348. The zero-order chi connectivity index (χ0) is 13.9. The van der Waals surface area contributed by atoms with Gasteiger partial charge in [-0.3, -0.25) is 4.79 Å². The number of aromatic nitrogens is 4. The summed E-state index contributed by atoms with van der Waals surface area (Å²) in [6.45, 7) is 2.64. The van der Waals surface area contributed by atoms with Crippen LogP contribution in [0.15, 0.2) is 12.5 Å². The Morgan fingerprint density at radius 2 is 2.30 bits per heavy atom. The number of ether oxygens (including phenoxy) is 1. The lowest BCUT2D eigenvalue weighted by atomic mass is 9.86. The molecule has 1 aliphatic carbocycles. The van der Waals surface area contributed by atoms with E-state index in [1.165, 1.54) is 31.8 Å². The van der Waals surface area contributed by atoms with Gasteiger partial charge in [0.05, 0.1) is 6.20 Å². The Morgan fingerprint density at radius 1 is 1.45 bits per heavy atom. The van der Waals surface area contributed by atoms with Gasteiger partial charge in [-0.05, 0) is 18.8 Å². The summed E-state index contributed by atoms with van der Waals surface area (Å²) in [6.07, 6.45) is 7.81. The summed E-state index contributed by atoms with van der Waals surface area (Å²) in [4.78, 5) is 10.6. The van der Waals surface area contributed by atoms with Crippen LogP contribution in [-0.2, 0) is 4.79 Å². The largest absolute Gasteiger partial charge is 0.425 e. The standard InChI is InChI=1S/C13H17N5O2/c1-9-4-2-3-5-10(9)16-12-11(20-8-19)6-15-18-7-14-17-13(12)18/h6-10,16H,2-5H2,1H3. The van der Waals surface area contributed by atoms with Gasteiger partial charge in [-0.2, -0.15) is 9.61 Å². The van der Waals surface area contributed by atoms with Crippen molar-refractivity contribution in [3.05, 3.63) is 12.5 Å². The molecule has 2 atom stereocenters. The van der Waals surface area contributed by atoms with Crippen LogP contribution in [0, 0.1) is 5.92 Å². The van der Waals surface area contributed by atoms with E-state index in [1.54, 1.807) is 4.52 Å². The van der Waals surface area contributed by atoms with Gasteiger partial charge >= 0.3 is 0 Å². The van der Waals surface area contributed by atoms with Gasteiger partial charge in [0.25, 0.3) is 6.47 Å². The minimum absolute atomic E-state index is 0.348. The highest BCUT2D eigenvalue weighted by atomic mass is 16.5. The molecule has 106 valence electrons. The van der Waals surface area contributed by atoms with E-state index in [0.717, 1.165) is 6.42 Å². The lowest BCUT2D eigenvalue weighted by Gasteiger charge is -2.30. The lowest BCUT2D eigenvalue weighted by molar-refractivity contribution is -0.120. The zero-order valence-electron chi connectivity index (χ0n) is 11.3. The van der Waals surface area contributed by atoms with Crippen LogP contribution in [-0.4, -0.2) is 32.3 Å². The second kappa shape index (κ2) is 5.44. The normalized spacial score (nSPS) is 22.6. The highest BCUT2D eigenvalue weighted by molar-refractivity contribution is 5.75. The van der Waals surface area contributed by atoms with Crippen LogP contribution in [0.25, 0.3) is 5.65 Å². The summed E-state index contributed by atoms with van der Waals surface area (Å²) in [5.74, 6) is 0.960. The second-order valence-electron chi connectivity index (χ2n) is 5.21. The van der Waals surface area contributed by atoms with Gasteiger partial charge in [0, 0.05) is 6.04 Å². The predicted molar refractivity (Wildman–Crippen MR) is 72.5 cm³/mol. The number of carbonyl (C=O) groups excluding carboxylic acids is 1. The van der Waals surface area contributed by atoms with E-state index in [9.17, 15) is 4.79 Å². The van der Waals surface area contributed by atoms with Gasteiger partial charge < -0.3 is 10.1 Å². The Balaban J connectivity index is 1.96. The number of hydrogen-bond donors (Lipinski definition) is 1. The Kier molecular flexibility index (Phi) is 3.49. The van der Waals surface area contributed by atoms with Crippen LogP contribution < -0.4 is 10.1 Å². The van der Waals surface area contributed by atoms with Gasteiger partial charge in [0.1, 0.15) is 12.0 Å². The summed E-state index contributed by atoms with van der Waals surface area (Å²) in [7, 11) is 0. The third-order valence-corrected chi connectivity index (χ3v) is 3.92. The molecule has 1 aliphatic rings. The molecule has 2 unspecified atom stereocenters.